The molecule has 2 nitrogen and oxygen atoms in total. The first-order valence-electron chi connectivity index (χ1n) is 6.35. The second-order valence-electron chi connectivity index (χ2n) is 6.53. The second kappa shape index (κ2) is 3.46. The van der Waals surface area contributed by atoms with Gasteiger partial charge in [0.05, 0.1) is 0 Å². The Bertz CT molecular complexity index is 231. The molecule has 1 saturated heterocycles. The van der Waals surface area contributed by atoms with Gasteiger partial charge in [0.25, 0.3) is 0 Å². The maximum absolute atomic E-state index is 3.57. The molecule has 0 aromatic carbocycles. The first kappa shape index (κ1) is 11.4. The fourth-order valence-corrected chi connectivity index (χ4v) is 3.36. The summed E-state index contributed by atoms with van der Waals surface area (Å²) in [4.78, 5) is 2.70. The summed E-state index contributed by atoms with van der Waals surface area (Å²) in [7, 11) is 0. The quantitative estimate of drug-likeness (QED) is 0.713. The van der Waals surface area contributed by atoms with Crippen LogP contribution in [0.4, 0.5) is 0 Å². The van der Waals surface area contributed by atoms with E-state index in [0.717, 1.165) is 12.6 Å². The topological polar surface area (TPSA) is 15.3 Å². The van der Waals surface area contributed by atoms with Crippen molar-refractivity contribution in [3.8, 4) is 0 Å². The van der Waals surface area contributed by atoms with Gasteiger partial charge in [0.2, 0.25) is 0 Å². The lowest BCUT2D eigenvalue weighted by atomic mass is 10.0. The zero-order chi connectivity index (χ0) is 11.3. The standard InChI is InChI=1S/C13H26N2/c1-10-6-8-15(9-7-14-10)11-12(2,3)13(11,4)5/h10-11,14H,6-9H2,1-5H3. The highest BCUT2D eigenvalue weighted by Gasteiger charge is 2.66. The highest BCUT2D eigenvalue weighted by Crippen LogP contribution is 2.65. The molecule has 0 radical (unpaired) electrons. The van der Waals surface area contributed by atoms with Crippen molar-refractivity contribution < 1.29 is 0 Å². The Morgan fingerprint density at radius 3 is 2.20 bits per heavy atom. The average Bonchev–Trinajstić information content (AvgIpc) is 2.61. The number of nitrogens with zero attached hydrogens (tertiary/aromatic N) is 1. The van der Waals surface area contributed by atoms with Crippen molar-refractivity contribution in [1.82, 2.24) is 10.2 Å². The van der Waals surface area contributed by atoms with Crippen LogP contribution in [0, 0.1) is 10.8 Å². The Hall–Kier alpha value is -0.0800. The molecule has 1 N–H and O–H groups in total. The van der Waals surface area contributed by atoms with Crippen LogP contribution in [0.1, 0.15) is 41.0 Å². The molecule has 0 amide bonds. The average molecular weight is 210 g/mol. The third-order valence-corrected chi connectivity index (χ3v) is 5.05. The molecule has 1 heterocycles. The molecule has 1 saturated carbocycles. The monoisotopic (exact) mass is 210 g/mol. The molecule has 1 atom stereocenters. The minimum absolute atomic E-state index is 0.501. The molecule has 0 aromatic rings. The predicted molar refractivity (Wildman–Crippen MR) is 65.0 cm³/mol. The molecular weight excluding hydrogens is 184 g/mol. The van der Waals surface area contributed by atoms with Gasteiger partial charge in [-0.3, -0.25) is 4.90 Å². The van der Waals surface area contributed by atoms with Crippen molar-refractivity contribution in [2.24, 2.45) is 10.8 Å². The van der Waals surface area contributed by atoms with Gasteiger partial charge in [0, 0.05) is 25.2 Å². The summed E-state index contributed by atoms with van der Waals surface area (Å²) >= 11 is 0. The summed E-state index contributed by atoms with van der Waals surface area (Å²) in [6.07, 6.45) is 1.29. The number of hydrogen-bond donors (Lipinski definition) is 1. The summed E-state index contributed by atoms with van der Waals surface area (Å²) < 4.78 is 0. The predicted octanol–water partition coefficient (Wildman–Crippen LogP) is 2.10. The van der Waals surface area contributed by atoms with E-state index in [1.807, 2.05) is 0 Å². The summed E-state index contributed by atoms with van der Waals surface area (Å²) in [5.41, 5.74) is 1.00. The third kappa shape index (κ3) is 1.72. The van der Waals surface area contributed by atoms with Crippen LogP contribution >= 0.6 is 0 Å². The maximum Gasteiger partial charge on any atom is 0.0209 e. The summed E-state index contributed by atoms with van der Waals surface area (Å²) in [5.74, 6) is 0. The van der Waals surface area contributed by atoms with Gasteiger partial charge in [0.15, 0.2) is 0 Å². The summed E-state index contributed by atoms with van der Waals surface area (Å²) in [6, 6.07) is 1.48. The highest BCUT2D eigenvalue weighted by atomic mass is 15.2. The van der Waals surface area contributed by atoms with Gasteiger partial charge in [-0.15, -0.1) is 0 Å². The van der Waals surface area contributed by atoms with Crippen LogP contribution in [0.25, 0.3) is 0 Å². The Kier molecular flexibility index (Phi) is 2.63. The zero-order valence-electron chi connectivity index (χ0n) is 10.9. The summed E-state index contributed by atoms with van der Waals surface area (Å²) in [5, 5.41) is 3.57. The molecule has 2 fully saturated rings. The number of rotatable bonds is 1. The normalized spacial score (nSPS) is 36.2. The number of nitrogens with one attached hydrogen (secondary N) is 1. The van der Waals surface area contributed by atoms with Crippen molar-refractivity contribution in [1.29, 1.82) is 0 Å². The minimum atomic E-state index is 0.501. The number of hydrogen-bond acceptors (Lipinski definition) is 2. The lowest BCUT2D eigenvalue weighted by molar-refractivity contribution is 0.239. The highest BCUT2D eigenvalue weighted by molar-refractivity contribution is 5.18. The van der Waals surface area contributed by atoms with Crippen LogP contribution in [0.5, 0.6) is 0 Å². The smallest absolute Gasteiger partial charge is 0.0209 e. The molecule has 0 spiro atoms. The van der Waals surface area contributed by atoms with Gasteiger partial charge in [-0.1, -0.05) is 27.7 Å². The zero-order valence-corrected chi connectivity index (χ0v) is 10.9. The van der Waals surface area contributed by atoms with Crippen LogP contribution < -0.4 is 5.32 Å². The van der Waals surface area contributed by atoms with Gasteiger partial charge < -0.3 is 5.32 Å². The van der Waals surface area contributed by atoms with E-state index in [0.29, 0.717) is 16.9 Å². The van der Waals surface area contributed by atoms with Gasteiger partial charge in [-0.2, -0.15) is 0 Å². The molecule has 0 aromatic heterocycles. The molecule has 15 heavy (non-hydrogen) atoms. The Morgan fingerprint density at radius 1 is 1.07 bits per heavy atom. The van der Waals surface area contributed by atoms with E-state index >= 15 is 0 Å². The van der Waals surface area contributed by atoms with E-state index in [4.69, 9.17) is 0 Å². The molecule has 2 aliphatic rings. The molecule has 2 rings (SSSR count). The Morgan fingerprint density at radius 2 is 1.67 bits per heavy atom. The maximum atomic E-state index is 3.57. The largest absolute Gasteiger partial charge is 0.313 e. The van der Waals surface area contributed by atoms with Crippen LogP contribution in [-0.2, 0) is 0 Å². The van der Waals surface area contributed by atoms with Crippen molar-refractivity contribution in [3.63, 3.8) is 0 Å². The van der Waals surface area contributed by atoms with E-state index in [-0.39, 0.29) is 0 Å². The first-order valence-corrected chi connectivity index (χ1v) is 6.35. The Balaban J connectivity index is 2.01. The fourth-order valence-electron chi connectivity index (χ4n) is 3.36. The van der Waals surface area contributed by atoms with Crippen LogP contribution in [-0.4, -0.2) is 36.6 Å². The van der Waals surface area contributed by atoms with Crippen molar-refractivity contribution in [2.45, 2.75) is 53.1 Å². The molecule has 2 heteroatoms. The molecule has 88 valence electrons. The van der Waals surface area contributed by atoms with Crippen LogP contribution in [0.2, 0.25) is 0 Å². The van der Waals surface area contributed by atoms with E-state index in [2.05, 4.69) is 44.8 Å². The molecule has 1 unspecified atom stereocenters. The molecule has 1 aliphatic carbocycles. The van der Waals surface area contributed by atoms with Crippen LogP contribution in [0.3, 0.4) is 0 Å². The van der Waals surface area contributed by atoms with E-state index in [9.17, 15) is 0 Å². The van der Waals surface area contributed by atoms with Crippen molar-refractivity contribution >= 4 is 0 Å². The lowest BCUT2D eigenvalue weighted by Gasteiger charge is -2.22. The van der Waals surface area contributed by atoms with Crippen molar-refractivity contribution in [2.75, 3.05) is 19.6 Å². The van der Waals surface area contributed by atoms with E-state index in [1.165, 1.54) is 19.5 Å². The molecule has 1 aliphatic heterocycles. The fraction of sp³-hybridized carbons (Fsp3) is 1.00. The van der Waals surface area contributed by atoms with Gasteiger partial charge >= 0.3 is 0 Å². The SMILES string of the molecule is CC1CCN(C2C(C)(C)C2(C)C)CCN1. The minimum Gasteiger partial charge on any atom is -0.313 e. The van der Waals surface area contributed by atoms with E-state index < -0.39 is 0 Å². The van der Waals surface area contributed by atoms with Gasteiger partial charge in [-0.25, -0.2) is 0 Å². The van der Waals surface area contributed by atoms with Crippen LogP contribution in [0.15, 0.2) is 0 Å². The molecule has 0 bridgehead atoms. The van der Waals surface area contributed by atoms with E-state index in [1.54, 1.807) is 0 Å². The third-order valence-electron chi connectivity index (χ3n) is 5.05. The first-order chi connectivity index (χ1) is 6.87. The Labute approximate surface area is 94.4 Å². The molecular formula is C13H26N2. The van der Waals surface area contributed by atoms with Gasteiger partial charge in [0.1, 0.15) is 0 Å². The van der Waals surface area contributed by atoms with Gasteiger partial charge in [-0.05, 0) is 30.7 Å². The van der Waals surface area contributed by atoms with Crippen molar-refractivity contribution in [3.05, 3.63) is 0 Å². The summed E-state index contributed by atoms with van der Waals surface area (Å²) in [6.45, 7) is 15.6. The lowest BCUT2D eigenvalue weighted by Crippen LogP contribution is -2.33. The second-order valence-corrected chi connectivity index (χ2v) is 6.53.